The quantitative estimate of drug-likeness (QED) is 0.856. The summed E-state index contributed by atoms with van der Waals surface area (Å²) in [6, 6.07) is 5.90. The van der Waals surface area contributed by atoms with E-state index in [0.29, 0.717) is 0 Å². The number of benzene rings is 1. The Labute approximate surface area is 113 Å². The Hall–Kier alpha value is -0.970. The van der Waals surface area contributed by atoms with Gasteiger partial charge in [0.1, 0.15) is 5.82 Å². The van der Waals surface area contributed by atoms with Crippen LogP contribution < -0.4 is 5.73 Å². The number of nitrogens with two attached hydrogens (primary N) is 1. The van der Waals surface area contributed by atoms with Crippen LogP contribution in [0.3, 0.4) is 0 Å². The number of nitrogens with zero attached hydrogens (tertiary/aromatic N) is 2. The molecular weight excluding hydrogens is 261 g/mol. The molecule has 0 radical (unpaired) electrons. The summed E-state index contributed by atoms with van der Waals surface area (Å²) in [5.41, 5.74) is 8.68. The molecule has 2 aromatic rings. The average molecular weight is 280 g/mol. The van der Waals surface area contributed by atoms with Crippen LogP contribution in [0.4, 0.5) is 5.69 Å². The highest BCUT2D eigenvalue weighted by molar-refractivity contribution is 5.85. The maximum Gasteiger partial charge on any atom is 0.109 e. The Morgan fingerprint density at radius 2 is 1.88 bits per heavy atom. The first-order chi connectivity index (χ1) is 6.76. The lowest BCUT2D eigenvalue weighted by atomic mass is 10.3. The minimum Gasteiger partial charge on any atom is -0.412 e. The van der Waals surface area contributed by atoms with Crippen LogP contribution in [-0.4, -0.2) is 15.0 Å². The van der Waals surface area contributed by atoms with Gasteiger partial charge in [0.05, 0.1) is 11.0 Å². The molecule has 0 aliphatic rings. The van der Waals surface area contributed by atoms with Gasteiger partial charge in [-0.25, -0.2) is 4.98 Å². The fraction of sp³-hybridized carbons (Fsp3) is 0.364. The van der Waals surface area contributed by atoms with Crippen molar-refractivity contribution in [2.45, 2.75) is 26.8 Å². The fourth-order valence-electron chi connectivity index (χ4n) is 1.82. The Balaban J connectivity index is 0. The number of rotatable bonds is 2. The van der Waals surface area contributed by atoms with E-state index in [-0.39, 0.29) is 30.3 Å². The lowest BCUT2D eigenvalue weighted by Crippen LogP contribution is -1.99. The lowest BCUT2D eigenvalue weighted by Gasteiger charge is -2.02. The Kier molecular flexibility index (Phi) is 7.98. The van der Waals surface area contributed by atoms with Crippen molar-refractivity contribution < 1.29 is 5.48 Å². The van der Waals surface area contributed by atoms with Crippen LogP contribution in [-0.2, 0) is 13.0 Å². The van der Waals surface area contributed by atoms with Crippen molar-refractivity contribution in [2.24, 2.45) is 0 Å². The van der Waals surface area contributed by atoms with Crippen molar-refractivity contribution in [1.29, 1.82) is 0 Å². The molecule has 0 saturated carbocycles. The van der Waals surface area contributed by atoms with Gasteiger partial charge in [-0.3, -0.25) is 0 Å². The molecule has 0 saturated heterocycles. The number of halogens is 2. The van der Waals surface area contributed by atoms with Crippen molar-refractivity contribution in [3.8, 4) is 0 Å². The van der Waals surface area contributed by atoms with E-state index in [1.165, 1.54) is 5.52 Å². The molecule has 1 aromatic carbocycles. The van der Waals surface area contributed by atoms with Crippen molar-refractivity contribution in [1.82, 2.24) is 9.55 Å². The minimum atomic E-state index is 0. The zero-order valence-corrected chi connectivity index (χ0v) is 11.6. The van der Waals surface area contributed by atoms with Crippen LogP contribution in [0.5, 0.6) is 0 Å². The van der Waals surface area contributed by atoms with E-state index in [9.17, 15) is 0 Å². The second kappa shape index (κ2) is 7.37. The highest BCUT2D eigenvalue weighted by Crippen LogP contribution is 2.19. The van der Waals surface area contributed by atoms with E-state index in [4.69, 9.17) is 5.73 Å². The predicted octanol–water partition coefficient (Wildman–Crippen LogP) is 2.22. The van der Waals surface area contributed by atoms with Crippen molar-refractivity contribution in [2.75, 3.05) is 5.73 Å². The zero-order valence-electron chi connectivity index (χ0n) is 9.93. The summed E-state index contributed by atoms with van der Waals surface area (Å²) in [6.07, 6.45) is 0.961. The largest absolute Gasteiger partial charge is 0.412 e. The molecular formula is C11H19Cl2N3O. The molecule has 0 spiro atoms. The Morgan fingerprint density at radius 3 is 2.41 bits per heavy atom. The molecule has 17 heavy (non-hydrogen) atoms. The molecule has 1 aromatic heterocycles. The molecule has 6 heteroatoms. The van der Waals surface area contributed by atoms with Crippen LogP contribution in [0.1, 0.15) is 19.7 Å². The van der Waals surface area contributed by atoms with Gasteiger partial charge in [-0.05, 0) is 25.1 Å². The second-order valence-corrected chi connectivity index (χ2v) is 3.37. The van der Waals surface area contributed by atoms with Gasteiger partial charge in [-0.2, -0.15) is 0 Å². The number of hydrogen-bond donors (Lipinski definition) is 1. The number of anilines is 1. The lowest BCUT2D eigenvalue weighted by molar-refractivity contribution is 0.726. The third kappa shape index (κ3) is 3.25. The molecule has 4 N–H and O–H groups in total. The smallest absolute Gasteiger partial charge is 0.109 e. The van der Waals surface area contributed by atoms with Gasteiger partial charge in [0.15, 0.2) is 0 Å². The number of aromatic nitrogens is 2. The second-order valence-electron chi connectivity index (χ2n) is 3.37. The first-order valence-electron chi connectivity index (χ1n) is 5.01. The third-order valence-corrected chi connectivity index (χ3v) is 2.48. The zero-order chi connectivity index (χ0) is 10.1. The van der Waals surface area contributed by atoms with Crippen LogP contribution in [0.25, 0.3) is 11.0 Å². The number of aryl methyl sites for hydroxylation is 2. The summed E-state index contributed by atoms with van der Waals surface area (Å²) in [5.74, 6) is 1.13. The van der Waals surface area contributed by atoms with E-state index in [0.717, 1.165) is 30.0 Å². The van der Waals surface area contributed by atoms with E-state index in [2.05, 4.69) is 23.4 Å². The summed E-state index contributed by atoms with van der Waals surface area (Å²) >= 11 is 0. The molecule has 0 atom stereocenters. The van der Waals surface area contributed by atoms with Crippen molar-refractivity contribution >= 4 is 41.5 Å². The molecule has 1 heterocycles. The Morgan fingerprint density at radius 1 is 1.24 bits per heavy atom. The average Bonchev–Trinajstić information content (AvgIpc) is 2.54. The number of hydrogen-bond acceptors (Lipinski definition) is 2. The number of nitrogen functional groups attached to an aromatic ring is 1. The molecule has 0 bridgehead atoms. The summed E-state index contributed by atoms with van der Waals surface area (Å²) in [5, 5.41) is 0. The summed E-state index contributed by atoms with van der Waals surface area (Å²) in [4.78, 5) is 4.55. The molecule has 0 unspecified atom stereocenters. The molecule has 0 amide bonds. The first kappa shape index (κ1) is 18.4. The maximum absolute atomic E-state index is 5.72. The van der Waals surface area contributed by atoms with Crippen molar-refractivity contribution in [3.05, 3.63) is 24.0 Å². The SMILES string of the molecule is CCc1nc2cc(N)ccc2n1CC.Cl.Cl.O. The van der Waals surface area contributed by atoms with E-state index in [1.807, 2.05) is 18.2 Å². The standard InChI is InChI=1S/C11H15N3.2ClH.H2O/c1-3-11-13-9-7-8(12)5-6-10(9)14(11)4-2;;;/h5-7H,3-4,12H2,1-2H3;2*1H;1H2. The molecule has 4 nitrogen and oxygen atoms in total. The topological polar surface area (TPSA) is 75.3 Å². The van der Waals surface area contributed by atoms with E-state index in [1.54, 1.807) is 0 Å². The normalized spacial score (nSPS) is 9.06. The monoisotopic (exact) mass is 279 g/mol. The molecule has 0 fully saturated rings. The van der Waals surface area contributed by atoms with E-state index < -0.39 is 0 Å². The summed E-state index contributed by atoms with van der Waals surface area (Å²) < 4.78 is 2.23. The van der Waals surface area contributed by atoms with E-state index >= 15 is 0 Å². The third-order valence-electron chi connectivity index (χ3n) is 2.48. The Bertz CT molecular complexity index is 471. The van der Waals surface area contributed by atoms with Gasteiger partial charge >= 0.3 is 0 Å². The van der Waals surface area contributed by atoms with Crippen molar-refractivity contribution in [3.63, 3.8) is 0 Å². The summed E-state index contributed by atoms with van der Waals surface area (Å²) in [7, 11) is 0. The van der Waals surface area contributed by atoms with Crippen LogP contribution >= 0.6 is 24.8 Å². The molecule has 98 valence electrons. The summed E-state index contributed by atoms with van der Waals surface area (Å²) in [6.45, 7) is 5.22. The van der Waals surface area contributed by atoms with Gasteiger partial charge in [-0.1, -0.05) is 6.92 Å². The fourth-order valence-corrected chi connectivity index (χ4v) is 1.82. The van der Waals surface area contributed by atoms with Crippen LogP contribution in [0.2, 0.25) is 0 Å². The van der Waals surface area contributed by atoms with Crippen LogP contribution in [0.15, 0.2) is 18.2 Å². The van der Waals surface area contributed by atoms with Gasteiger partial charge in [0, 0.05) is 18.7 Å². The highest BCUT2D eigenvalue weighted by atomic mass is 35.5. The number of fused-ring (bicyclic) bond motifs is 1. The molecule has 0 aliphatic carbocycles. The van der Waals surface area contributed by atoms with Gasteiger partial charge < -0.3 is 15.8 Å². The van der Waals surface area contributed by atoms with Gasteiger partial charge in [0.25, 0.3) is 0 Å². The van der Waals surface area contributed by atoms with Gasteiger partial charge in [0.2, 0.25) is 0 Å². The predicted molar refractivity (Wildman–Crippen MR) is 77.3 cm³/mol. The molecule has 2 rings (SSSR count). The number of imidazole rings is 1. The first-order valence-corrected chi connectivity index (χ1v) is 5.01. The molecule has 0 aliphatic heterocycles. The minimum absolute atomic E-state index is 0. The van der Waals surface area contributed by atoms with Gasteiger partial charge in [-0.15, -0.1) is 24.8 Å². The maximum atomic E-state index is 5.72. The van der Waals surface area contributed by atoms with Crippen LogP contribution in [0, 0.1) is 0 Å². The highest BCUT2D eigenvalue weighted by Gasteiger charge is 2.07.